The maximum Gasteiger partial charge on any atom is 0.253 e. The molecular formula is C24H27N5O3S. The molecule has 0 radical (unpaired) electrons. The molecular weight excluding hydrogens is 438 g/mol. The molecule has 1 fully saturated rings. The van der Waals surface area contributed by atoms with Gasteiger partial charge >= 0.3 is 0 Å². The van der Waals surface area contributed by atoms with Gasteiger partial charge in [0.2, 0.25) is 0 Å². The lowest BCUT2D eigenvalue weighted by molar-refractivity contribution is 0.0546. The number of thioether (sulfide) groups is 1. The molecule has 9 heteroatoms. The number of nitrogens with zero attached hydrogens (tertiary/aromatic N) is 5. The van der Waals surface area contributed by atoms with Crippen LogP contribution in [0.25, 0.3) is 0 Å². The Hall–Kier alpha value is -3.04. The standard InChI is InChI=1S/C24H27N5O3S/c1-16(33-24-27-26-15-28(24)2)18-5-3-4-17(12-18)13-22(31)21-14-19(6-9-25-21)23(32)29-10-7-20(30)8-11-29/h3-6,9,12,14-16,20,30H,7-8,10-11,13H2,1-2H3/t16-/m0/s1. The molecule has 1 saturated heterocycles. The second kappa shape index (κ2) is 10.3. The van der Waals surface area contributed by atoms with Crippen molar-refractivity contribution < 1.29 is 14.7 Å². The van der Waals surface area contributed by atoms with Gasteiger partial charge in [0.25, 0.3) is 5.91 Å². The zero-order valence-electron chi connectivity index (χ0n) is 18.7. The van der Waals surface area contributed by atoms with Crippen LogP contribution in [0.4, 0.5) is 0 Å². The van der Waals surface area contributed by atoms with Crippen molar-refractivity contribution in [1.82, 2.24) is 24.6 Å². The Labute approximate surface area is 197 Å². The smallest absolute Gasteiger partial charge is 0.253 e. The number of aromatic nitrogens is 4. The number of ketones is 1. The summed E-state index contributed by atoms with van der Waals surface area (Å²) in [5.41, 5.74) is 2.72. The van der Waals surface area contributed by atoms with Gasteiger partial charge in [0.1, 0.15) is 12.0 Å². The topological polar surface area (TPSA) is 101 Å². The summed E-state index contributed by atoms with van der Waals surface area (Å²) >= 11 is 1.61. The SMILES string of the molecule is C[C@H](Sc1nncn1C)c1cccc(CC(=O)c2cc(C(=O)N3CCC(O)CC3)ccn2)c1. The highest BCUT2D eigenvalue weighted by Crippen LogP contribution is 2.33. The van der Waals surface area contributed by atoms with E-state index < -0.39 is 0 Å². The highest BCUT2D eigenvalue weighted by Gasteiger charge is 2.23. The Morgan fingerprint density at radius 3 is 2.73 bits per heavy atom. The fourth-order valence-corrected chi connectivity index (χ4v) is 4.71. The number of amides is 1. The van der Waals surface area contributed by atoms with Crippen LogP contribution < -0.4 is 0 Å². The van der Waals surface area contributed by atoms with Crippen LogP contribution >= 0.6 is 11.8 Å². The number of pyridine rings is 1. The van der Waals surface area contributed by atoms with Crippen LogP contribution in [0.1, 0.15) is 57.0 Å². The highest BCUT2D eigenvalue weighted by molar-refractivity contribution is 7.99. The summed E-state index contributed by atoms with van der Waals surface area (Å²) in [5.74, 6) is -0.264. The highest BCUT2D eigenvalue weighted by atomic mass is 32.2. The third kappa shape index (κ3) is 5.66. The van der Waals surface area contributed by atoms with Crippen molar-refractivity contribution in [2.75, 3.05) is 13.1 Å². The number of aliphatic hydroxyl groups excluding tert-OH is 1. The lowest BCUT2D eigenvalue weighted by atomic mass is 10.0. The van der Waals surface area contributed by atoms with E-state index in [0.717, 1.165) is 16.3 Å². The Balaban J connectivity index is 1.43. The number of piperidine rings is 1. The molecule has 1 amide bonds. The van der Waals surface area contributed by atoms with Crippen LogP contribution in [0, 0.1) is 0 Å². The van der Waals surface area contributed by atoms with Gasteiger partial charge in [-0.15, -0.1) is 10.2 Å². The minimum atomic E-state index is -0.346. The van der Waals surface area contributed by atoms with Crippen molar-refractivity contribution in [1.29, 1.82) is 0 Å². The molecule has 1 N–H and O–H groups in total. The lowest BCUT2D eigenvalue weighted by Gasteiger charge is -2.29. The summed E-state index contributed by atoms with van der Waals surface area (Å²) in [5, 5.41) is 18.7. The predicted octanol–water partition coefficient (Wildman–Crippen LogP) is 3.09. The van der Waals surface area contributed by atoms with Crippen LogP contribution in [-0.4, -0.2) is 60.6 Å². The largest absolute Gasteiger partial charge is 0.393 e. The number of Topliss-reactive ketones (excluding diaryl/α,β-unsaturated/α-hetero) is 1. The van der Waals surface area contributed by atoms with E-state index in [1.807, 2.05) is 35.9 Å². The molecule has 0 bridgehead atoms. The predicted molar refractivity (Wildman–Crippen MR) is 125 cm³/mol. The molecule has 0 aliphatic carbocycles. The van der Waals surface area contributed by atoms with Gasteiger partial charge in [-0.1, -0.05) is 36.0 Å². The van der Waals surface area contributed by atoms with Crippen molar-refractivity contribution in [2.24, 2.45) is 7.05 Å². The minimum Gasteiger partial charge on any atom is -0.393 e. The van der Waals surface area contributed by atoms with E-state index in [4.69, 9.17) is 0 Å². The molecule has 3 aromatic rings. The molecule has 2 aromatic heterocycles. The zero-order valence-corrected chi connectivity index (χ0v) is 19.5. The minimum absolute atomic E-state index is 0.130. The molecule has 8 nitrogen and oxygen atoms in total. The molecule has 1 aliphatic heterocycles. The van der Waals surface area contributed by atoms with Crippen LogP contribution in [0.3, 0.4) is 0 Å². The van der Waals surface area contributed by atoms with E-state index in [0.29, 0.717) is 31.5 Å². The molecule has 0 spiro atoms. The molecule has 4 rings (SSSR count). The van der Waals surface area contributed by atoms with Gasteiger partial charge in [-0.25, -0.2) is 0 Å². The quantitative estimate of drug-likeness (QED) is 0.423. The summed E-state index contributed by atoms with van der Waals surface area (Å²) in [6.07, 6.45) is 4.19. The van der Waals surface area contributed by atoms with Crippen molar-refractivity contribution in [3.63, 3.8) is 0 Å². The van der Waals surface area contributed by atoms with Gasteiger partial charge in [-0.2, -0.15) is 0 Å². The zero-order chi connectivity index (χ0) is 23.4. The Morgan fingerprint density at radius 1 is 1.21 bits per heavy atom. The average molecular weight is 466 g/mol. The van der Waals surface area contributed by atoms with Gasteiger partial charge in [-0.05, 0) is 43.0 Å². The molecule has 0 saturated carbocycles. The second-order valence-corrected chi connectivity index (χ2v) is 9.59. The first kappa shape index (κ1) is 23.1. The van der Waals surface area contributed by atoms with Gasteiger partial charge in [0.15, 0.2) is 10.9 Å². The first-order valence-electron chi connectivity index (χ1n) is 11.0. The summed E-state index contributed by atoms with van der Waals surface area (Å²) in [4.78, 5) is 31.7. The average Bonchev–Trinajstić information content (AvgIpc) is 3.23. The molecule has 3 heterocycles. The Kier molecular flexibility index (Phi) is 7.20. The number of likely N-dealkylation sites (tertiary alicyclic amines) is 1. The van der Waals surface area contributed by atoms with Crippen LogP contribution in [0.15, 0.2) is 54.1 Å². The molecule has 1 atom stereocenters. The van der Waals surface area contributed by atoms with Crippen LogP contribution in [0.5, 0.6) is 0 Å². The van der Waals surface area contributed by atoms with E-state index in [1.165, 1.54) is 6.20 Å². The van der Waals surface area contributed by atoms with Gasteiger partial charge in [0, 0.05) is 43.6 Å². The third-order valence-electron chi connectivity index (χ3n) is 5.78. The Morgan fingerprint density at radius 2 is 2.00 bits per heavy atom. The van der Waals surface area contributed by atoms with Crippen molar-refractivity contribution in [3.8, 4) is 0 Å². The molecule has 33 heavy (non-hydrogen) atoms. The lowest BCUT2D eigenvalue weighted by Crippen LogP contribution is -2.40. The second-order valence-electron chi connectivity index (χ2n) is 8.28. The number of aryl methyl sites for hydroxylation is 1. The third-order valence-corrected chi connectivity index (χ3v) is 6.99. The van der Waals surface area contributed by atoms with Crippen molar-refractivity contribution in [2.45, 2.75) is 42.7 Å². The summed E-state index contributed by atoms with van der Waals surface area (Å²) in [6.45, 7) is 3.13. The normalized spacial score (nSPS) is 15.4. The maximum absolute atomic E-state index is 12.9. The van der Waals surface area contributed by atoms with Gasteiger partial charge < -0.3 is 14.6 Å². The number of carbonyl (C=O) groups is 2. The first-order valence-corrected chi connectivity index (χ1v) is 11.8. The van der Waals surface area contributed by atoms with Crippen LogP contribution in [-0.2, 0) is 13.5 Å². The fourth-order valence-electron chi connectivity index (χ4n) is 3.80. The number of aliphatic hydroxyl groups is 1. The van der Waals surface area contributed by atoms with Crippen LogP contribution in [0.2, 0.25) is 0 Å². The van der Waals surface area contributed by atoms with Gasteiger partial charge in [0.05, 0.1) is 6.10 Å². The number of carbonyl (C=O) groups excluding carboxylic acids is 2. The molecule has 1 aliphatic rings. The molecule has 1 aromatic carbocycles. The van der Waals surface area contributed by atoms with E-state index >= 15 is 0 Å². The van der Waals surface area contributed by atoms with E-state index in [-0.39, 0.29) is 35.2 Å². The van der Waals surface area contributed by atoms with Gasteiger partial charge in [-0.3, -0.25) is 14.6 Å². The van der Waals surface area contributed by atoms with Crippen molar-refractivity contribution >= 4 is 23.5 Å². The van der Waals surface area contributed by atoms with Crippen molar-refractivity contribution in [3.05, 3.63) is 71.3 Å². The number of hydrogen-bond acceptors (Lipinski definition) is 7. The monoisotopic (exact) mass is 465 g/mol. The number of hydrogen-bond donors (Lipinski definition) is 1. The number of benzene rings is 1. The summed E-state index contributed by atoms with van der Waals surface area (Å²) in [6, 6.07) is 11.1. The summed E-state index contributed by atoms with van der Waals surface area (Å²) < 4.78 is 1.88. The Bertz CT molecular complexity index is 1140. The maximum atomic E-state index is 12.9. The van der Waals surface area contributed by atoms with E-state index in [2.05, 4.69) is 22.1 Å². The van der Waals surface area contributed by atoms with E-state index in [9.17, 15) is 14.7 Å². The molecule has 172 valence electrons. The molecule has 0 unspecified atom stereocenters. The first-order chi connectivity index (χ1) is 15.9. The number of rotatable bonds is 7. The fraction of sp³-hybridized carbons (Fsp3) is 0.375. The summed E-state index contributed by atoms with van der Waals surface area (Å²) in [7, 11) is 1.91. The van der Waals surface area contributed by atoms with E-state index in [1.54, 1.807) is 35.1 Å².